The number of sulfone groups is 1. The van der Waals surface area contributed by atoms with Gasteiger partial charge in [0.2, 0.25) is 10.0 Å². The molecule has 2 aromatic heterocycles. The van der Waals surface area contributed by atoms with Gasteiger partial charge < -0.3 is 11.1 Å². The fourth-order valence-corrected chi connectivity index (χ4v) is 7.30. The van der Waals surface area contributed by atoms with E-state index < -0.39 is 36.2 Å². The molecule has 2 fully saturated rings. The molecule has 0 bridgehead atoms. The lowest BCUT2D eigenvalue weighted by Gasteiger charge is -2.29. The van der Waals surface area contributed by atoms with Gasteiger partial charge in [-0.05, 0) is 41.5 Å². The molecular formula is C20H23N9O4S2. The highest BCUT2D eigenvalue weighted by Gasteiger charge is 2.39. The summed E-state index contributed by atoms with van der Waals surface area (Å²) in [6.07, 6.45) is 2.29. The van der Waals surface area contributed by atoms with Crippen molar-refractivity contribution in [3.05, 3.63) is 54.4 Å². The van der Waals surface area contributed by atoms with E-state index in [1.165, 1.54) is 6.07 Å². The van der Waals surface area contributed by atoms with Gasteiger partial charge in [0.25, 0.3) is 0 Å². The average molecular weight is 518 g/mol. The molecule has 13 nitrogen and oxygen atoms in total. The summed E-state index contributed by atoms with van der Waals surface area (Å²) in [5, 5.41) is 7.79. The van der Waals surface area contributed by atoms with Crippen LogP contribution in [0.15, 0.2) is 58.6 Å². The minimum atomic E-state index is -4.48. The molecule has 2 saturated heterocycles. The summed E-state index contributed by atoms with van der Waals surface area (Å²) >= 11 is 0. The second kappa shape index (κ2) is 8.89. The van der Waals surface area contributed by atoms with Crippen LogP contribution in [0.25, 0.3) is 22.4 Å². The van der Waals surface area contributed by atoms with Crippen molar-refractivity contribution >= 4 is 25.7 Å². The van der Waals surface area contributed by atoms with Crippen molar-refractivity contribution < 1.29 is 16.8 Å². The number of nitrogens with zero attached hydrogens (tertiary/aromatic N) is 2. The highest BCUT2D eigenvalue weighted by molar-refractivity contribution is 7.94. The summed E-state index contributed by atoms with van der Waals surface area (Å²) in [6.45, 7) is 0.463. The minimum absolute atomic E-state index is 0.143. The molecule has 15 heteroatoms. The normalized spacial score (nSPS) is 17.4. The number of primary sulfonamides is 1. The maximum absolute atomic E-state index is 13.3. The monoisotopic (exact) mass is 517 g/mol. The highest BCUT2D eigenvalue weighted by atomic mass is 32.2. The Morgan fingerprint density at radius 3 is 2.20 bits per heavy atom. The van der Waals surface area contributed by atoms with Gasteiger partial charge in [-0.15, -0.1) is 0 Å². The summed E-state index contributed by atoms with van der Waals surface area (Å²) < 4.78 is 52.4. The molecule has 3 aromatic rings. The Morgan fingerprint density at radius 1 is 0.886 bits per heavy atom. The number of anilines is 1. The summed E-state index contributed by atoms with van der Waals surface area (Å²) in [5.41, 5.74) is 19.2. The lowest BCUT2D eigenvalue weighted by Crippen LogP contribution is -2.51. The maximum Gasteiger partial charge on any atom is 0.239 e. The van der Waals surface area contributed by atoms with Crippen LogP contribution in [0, 0.1) is 0 Å². The molecule has 0 atom stereocenters. The number of sulfonamides is 1. The van der Waals surface area contributed by atoms with Crippen molar-refractivity contribution in [2.24, 2.45) is 5.14 Å². The van der Waals surface area contributed by atoms with E-state index in [0.717, 1.165) is 0 Å². The van der Waals surface area contributed by atoms with Crippen molar-refractivity contribution in [3.63, 3.8) is 0 Å². The van der Waals surface area contributed by atoms with Gasteiger partial charge in [-0.3, -0.25) is 4.98 Å². The Labute approximate surface area is 201 Å². The third-order valence-corrected chi connectivity index (χ3v) is 9.17. The van der Waals surface area contributed by atoms with Crippen LogP contribution in [-0.4, -0.2) is 45.1 Å². The van der Waals surface area contributed by atoms with Gasteiger partial charge in [0, 0.05) is 36.6 Å². The number of benzene rings is 1. The number of nitrogen functional groups attached to an aromatic ring is 1. The Hall–Kier alpha value is -3.02. The number of hydrazine groups is 3. The average Bonchev–Trinajstić information content (AvgIpc) is 3.31. The lowest BCUT2D eigenvalue weighted by molar-refractivity contribution is 0.491. The number of hydrogen-bond acceptors (Lipinski definition) is 12. The fourth-order valence-electron chi connectivity index (χ4n) is 4.06. The molecule has 0 aliphatic carbocycles. The smallest absolute Gasteiger partial charge is 0.239 e. The van der Waals surface area contributed by atoms with Gasteiger partial charge in [0.1, 0.15) is 16.9 Å². The summed E-state index contributed by atoms with van der Waals surface area (Å²) in [5.74, 6) is 0.323. The van der Waals surface area contributed by atoms with Crippen LogP contribution >= 0.6 is 0 Å². The zero-order valence-electron chi connectivity index (χ0n) is 18.2. The topological polar surface area (TPSA) is 206 Å². The predicted molar refractivity (Wildman–Crippen MR) is 128 cm³/mol. The zero-order chi connectivity index (χ0) is 24.8. The number of pyridine rings is 2. The first-order chi connectivity index (χ1) is 16.7. The van der Waals surface area contributed by atoms with Crippen molar-refractivity contribution in [2.75, 3.05) is 18.8 Å². The van der Waals surface area contributed by atoms with Crippen molar-refractivity contribution in [1.29, 1.82) is 0 Å². The number of nitrogens with two attached hydrogens (primary N) is 2. The molecular weight excluding hydrogens is 494 g/mol. The molecule has 2 aliphatic heterocycles. The van der Waals surface area contributed by atoms with E-state index in [1.807, 2.05) is 0 Å². The zero-order valence-corrected chi connectivity index (χ0v) is 19.8. The Balaban J connectivity index is 1.75. The summed E-state index contributed by atoms with van der Waals surface area (Å²) in [7, 11) is -8.45. The van der Waals surface area contributed by atoms with Crippen molar-refractivity contribution in [2.45, 2.75) is 21.2 Å². The number of nitrogens with one attached hydrogen (secondary N) is 5. The molecule has 1 aromatic carbocycles. The van der Waals surface area contributed by atoms with Gasteiger partial charge in [0.15, 0.2) is 9.84 Å². The summed E-state index contributed by atoms with van der Waals surface area (Å²) in [6, 6.07) is 9.73. The second-order valence-electron chi connectivity index (χ2n) is 8.10. The van der Waals surface area contributed by atoms with Gasteiger partial charge >= 0.3 is 0 Å². The van der Waals surface area contributed by atoms with Crippen molar-refractivity contribution in [1.82, 2.24) is 37.2 Å². The van der Waals surface area contributed by atoms with E-state index in [9.17, 15) is 16.8 Å². The fraction of sp³-hybridized carbons (Fsp3) is 0.200. The van der Waals surface area contributed by atoms with E-state index >= 15 is 0 Å². The van der Waals surface area contributed by atoms with Crippen molar-refractivity contribution in [3.8, 4) is 22.4 Å². The van der Waals surface area contributed by atoms with Gasteiger partial charge in [-0.1, -0.05) is 6.07 Å². The third kappa shape index (κ3) is 4.39. The third-order valence-electron chi connectivity index (χ3n) is 5.87. The largest absolute Gasteiger partial charge is 0.384 e. The van der Waals surface area contributed by atoms with Crippen LogP contribution in [0.5, 0.6) is 0 Å². The first-order valence-corrected chi connectivity index (χ1v) is 13.6. The molecule has 184 valence electrons. The number of hydrogen-bond donors (Lipinski definition) is 7. The summed E-state index contributed by atoms with van der Waals surface area (Å²) in [4.78, 5) is 7.57. The van der Waals surface area contributed by atoms with Gasteiger partial charge in [-0.25, -0.2) is 37.8 Å². The lowest BCUT2D eigenvalue weighted by atomic mass is 9.97. The van der Waals surface area contributed by atoms with E-state index in [-0.39, 0.29) is 23.5 Å². The highest BCUT2D eigenvalue weighted by Crippen LogP contribution is 2.38. The maximum atomic E-state index is 13.3. The molecule has 5 rings (SSSR count). The number of rotatable bonds is 6. The van der Waals surface area contributed by atoms with Crippen LogP contribution in [0.3, 0.4) is 0 Å². The molecule has 0 amide bonds. The predicted octanol–water partition coefficient (Wildman–Crippen LogP) is -1.10. The van der Waals surface area contributed by atoms with E-state index in [0.29, 0.717) is 28.2 Å². The van der Waals surface area contributed by atoms with Gasteiger partial charge in [-0.2, -0.15) is 11.1 Å². The molecule has 0 unspecified atom stereocenters. The quantitative estimate of drug-likeness (QED) is 0.208. The number of aromatic nitrogens is 2. The van der Waals surface area contributed by atoms with Crippen LogP contribution in [-0.2, 0) is 19.9 Å². The van der Waals surface area contributed by atoms with Crippen LogP contribution in [0.4, 0.5) is 5.82 Å². The van der Waals surface area contributed by atoms with Gasteiger partial charge in [0.05, 0.1) is 15.8 Å². The first-order valence-electron chi connectivity index (χ1n) is 10.5. The Morgan fingerprint density at radius 2 is 1.57 bits per heavy atom. The molecule has 0 saturated carbocycles. The SMILES string of the molecule is Nc1cc(-c2cc(-c3ccc(S(=O)(=O)C4CNC4)c(S(N)(=O)=O)c3C3NNNN3)ccn2)ccn1. The standard InChI is InChI=1S/C20H23N9O4S2/c21-17-8-12(4-6-25-17)15-7-11(3-5-24-15)14-1-2-16(34(30,31)13-9-23-10-13)19(35(22,32)33)18(14)20-26-28-29-27-20/h1-8,13,20,23,26-29H,9-10H2,(H2,21,25)(H2,22,32,33). The Kier molecular flexibility index (Phi) is 6.02. The first kappa shape index (κ1) is 23.7. The van der Waals surface area contributed by atoms with Crippen LogP contribution in [0.2, 0.25) is 0 Å². The van der Waals surface area contributed by atoms with E-state index in [1.54, 1.807) is 42.7 Å². The van der Waals surface area contributed by atoms with Crippen LogP contribution in [0.1, 0.15) is 11.7 Å². The molecule has 2 aliphatic rings. The molecule has 9 N–H and O–H groups in total. The second-order valence-corrected chi connectivity index (χ2v) is 11.8. The van der Waals surface area contributed by atoms with E-state index in [2.05, 4.69) is 37.2 Å². The molecule has 0 radical (unpaired) electrons. The molecule has 4 heterocycles. The minimum Gasteiger partial charge on any atom is -0.384 e. The van der Waals surface area contributed by atoms with Crippen LogP contribution < -0.4 is 38.1 Å². The Bertz CT molecular complexity index is 1500. The van der Waals surface area contributed by atoms with E-state index in [4.69, 9.17) is 10.9 Å². The molecule has 0 spiro atoms. The molecule has 35 heavy (non-hydrogen) atoms.